The van der Waals surface area contributed by atoms with Crippen LogP contribution >= 0.6 is 0 Å². The summed E-state index contributed by atoms with van der Waals surface area (Å²) in [5.74, 6) is 0.301. The van der Waals surface area contributed by atoms with Crippen LogP contribution < -0.4 is 5.73 Å². The molecule has 0 radical (unpaired) electrons. The molecule has 0 bridgehead atoms. The molecule has 1 heterocycles. The van der Waals surface area contributed by atoms with Crippen molar-refractivity contribution in [2.24, 2.45) is 11.8 Å². The minimum atomic E-state index is -1.06. The summed E-state index contributed by atoms with van der Waals surface area (Å²) in [5, 5.41) is 12.6. The van der Waals surface area contributed by atoms with Crippen LogP contribution in [0.25, 0.3) is 0 Å². The van der Waals surface area contributed by atoms with Gasteiger partial charge in [0.15, 0.2) is 5.69 Å². The van der Waals surface area contributed by atoms with Gasteiger partial charge in [-0.25, -0.2) is 4.79 Å². The zero-order valence-electron chi connectivity index (χ0n) is 7.97. The molecule has 5 heteroatoms. The van der Waals surface area contributed by atoms with E-state index in [-0.39, 0.29) is 11.4 Å². The topological polar surface area (TPSA) is 81.1 Å². The first-order chi connectivity index (χ1) is 6.58. The predicted octanol–water partition coefficient (Wildman–Crippen LogP) is 0.819. The zero-order chi connectivity index (χ0) is 10.3. The highest BCUT2D eigenvalue weighted by molar-refractivity contribution is 5.91. The van der Waals surface area contributed by atoms with Crippen molar-refractivity contribution in [1.29, 1.82) is 0 Å². The lowest BCUT2D eigenvalue weighted by Gasteiger charge is -1.97. The molecular weight excluding hydrogens is 182 g/mol. The highest BCUT2D eigenvalue weighted by atomic mass is 16.4. The van der Waals surface area contributed by atoms with Crippen molar-refractivity contribution in [3.8, 4) is 0 Å². The lowest BCUT2D eigenvalue weighted by Crippen LogP contribution is -2.05. The Kier molecular flexibility index (Phi) is 1.94. The molecule has 5 nitrogen and oxygen atoms in total. The van der Waals surface area contributed by atoms with Gasteiger partial charge in [-0.15, -0.1) is 0 Å². The largest absolute Gasteiger partial charge is 0.476 e. The van der Waals surface area contributed by atoms with Gasteiger partial charge in [0.2, 0.25) is 0 Å². The first-order valence-electron chi connectivity index (χ1n) is 4.64. The number of nitrogens with zero attached hydrogens (tertiary/aromatic N) is 2. The van der Waals surface area contributed by atoms with E-state index in [1.807, 2.05) is 0 Å². The molecule has 2 rings (SSSR count). The van der Waals surface area contributed by atoms with E-state index < -0.39 is 5.97 Å². The SMILES string of the molecule is CC1CC1Cn1cc(N)c(C(=O)O)n1. The van der Waals surface area contributed by atoms with Crippen molar-refractivity contribution in [1.82, 2.24) is 9.78 Å². The van der Waals surface area contributed by atoms with Crippen molar-refractivity contribution >= 4 is 11.7 Å². The fourth-order valence-corrected chi connectivity index (χ4v) is 1.59. The van der Waals surface area contributed by atoms with Gasteiger partial charge in [-0.3, -0.25) is 4.68 Å². The third kappa shape index (κ3) is 1.57. The monoisotopic (exact) mass is 195 g/mol. The number of rotatable bonds is 3. The van der Waals surface area contributed by atoms with Crippen molar-refractivity contribution < 1.29 is 9.90 Å². The number of hydrogen-bond acceptors (Lipinski definition) is 3. The lowest BCUT2D eigenvalue weighted by molar-refractivity contribution is 0.0690. The molecular formula is C9H13N3O2. The molecule has 0 saturated heterocycles. The number of carboxylic acids is 1. The molecule has 1 aliphatic rings. The Balaban J connectivity index is 2.12. The van der Waals surface area contributed by atoms with E-state index >= 15 is 0 Å². The molecule has 1 saturated carbocycles. The molecule has 1 aromatic rings. The highest BCUT2D eigenvalue weighted by Gasteiger charge is 2.33. The minimum absolute atomic E-state index is 0.0432. The summed E-state index contributed by atoms with van der Waals surface area (Å²) in [6.45, 7) is 2.95. The van der Waals surface area contributed by atoms with Gasteiger partial charge in [-0.05, 0) is 18.3 Å². The Hall–Kier alpha value is -1.52. The van der Waals surface area contributed by atoms with Crippen LogP contribution in [-0.4, -0.2) is 20.9 Å². The van der Waals surface area contributed by atoms with E-state index in [9.17, 15) is 4.79 Å². The molecule has 76 valence electrons. The van der Waals surface area contributed by atoms with Gasteiger partial charge >= 0.3 is 5.97 Å². The smallest absolute Gasteiger partial charge is 0.358 e. The normalized spacial score (nSPS) is 24.9. The van der Waals surface area contributed by atoms with Crippen molar-refractivity contribution in [2.45, 2.75) is 19.9 Å². The number of hydrogen-bond donors (Lipinski definition) is 2. The standard InChI is InChI=1S/C9H13N3O2/c1-5-2-6(5)3-12-4-7(10)8(11-12)9(13)14/h4-6H,2-3,10H2,1H3,(H,13,14). The fourth-order valence-electron chi connectivity index (χ4n) is 1.59. The summed E-state index contributed by atoms with van der Waals surface area (Å²) in [6.07, 6.45) is 2.79. The molecule has 0 aliphatic heterocycles. The summed E-state index contributed by atoms with van der Waals surface area (Å²) >= 11 is 0. The third-order valence-corrected chi connectivity index (χ3v) is 2.69. The van der Waals surface area contributed by atoms with Gasteiger partial charge in [-0.2, -0.15) is 5.10 Å². The summed E-state index contributed by atoms with van der Waals surface area (Å²) < 4.78 is 1.63. The highest BCUT2D eigenvalue weighted by Crippen LogP contribution is 2.38. The number of carboxylic acid groups (broad SMARTS) is 1. The molecule has 1 aliphatic carbocycles. The van der Waals surface area contributed by atoms with Crippen LogP contribution in [0.1, 0.15) is 23.8 Å². The van der Waals surface area contributed by atoms with E-state index in [1.54, 1.807) is 10.9 Å². The molecule has 1 aromatic heterocycles. The quantitative estimate of drug-likeness (QED) is 0.748. The van der Waals surface area contributed by atoms with Crippen molar-refractivity contribution in [3.05, 3.63) is 11.9 Å². The Morgan fingerprint density at radius 1 is 1.86 bits per heavy atom. The maximum atomic E-state index is 10.6. The maximum absolute atomic E-state index is 10.6. The van der Waals surface area contributed by atoms with Crippen LogP contribution in [0.15, 0.2) is 6.20 Å². The summed E-state index contributed by atoms with van der Waals surface area (Å²) in [7, 11) is 0. The number of aromatic nitrogens is 2. The molecule has 0 spiro atoms. The van der Waals surface area contributed by atoms with Gasteiger partial charge in [0, 0.05) is 12.7 Å². The van der Waals surface area contributed by atoms with Crippen LogP contribution in [0.3, 0.4) is 0 Å². The Bertz CT molecular complexity index is 372. The van der Waals surface area contributed by atoms with E-state index in [2.05, 4.69) is 12.0 Å². The molecule has 3 N–H and O–H groups in total. The molecule has 2 unspecified atom stereocenters. The summed E-state index contributed by atoms with van der Waals surface area (Å²) in [4.78, 5) is 10.6. The van der Waals surface area contributed by atoms with Gasteiger partial charge in [0.1, 0.15) is 0 Å². The van der Waals surface area contributed by atoms with Gasteiger partial charge in [0.25, 0.3) is 0 Å². The molecule has 1 fully saturated rings. The average Bonchev–Trinajstić information content (AvgIpc) is 2.60. The molecule has 14 heavy (non-hydrogen) atoms. The summed E-state index contributed by atoms with van der Waals surface area (Å²) in [5.41, 5.74) is 5.71. The second-order valence-electron chi connectivity index (χ2n) is 3.93. The average molecular weight is 195 g/mol. The van der Waals surface area contributed by atoms with Crippen molar-refractivity contribution in [2.75, 3.05) is 5.73 Å². The van der Waals surface area contributed by atoms with E-state index in [4.69, 9.17) is 10.8 Å². The second-order valence-corrected chi connectivity index (χ2v) is 3.93. The Morgan fingerprint density at radius 2 is 2.50 bits per heavy atom. The van der Waals surface area contributed by atoms with Crippen LogP contribution in [0.2, 0.25) is 0 Å². The van der Waals surface area contributed by atoms with E-state index in [1.165, 1.54) is 6.42 Å². The zero-order valence-corrected chi connectivity index (χ0v) is 7.97. The number of anilines is 1. The van der Waals surface area contributed by atoms with E-state index in [0.29, 0.717) is 5.92 Å². The number of carbonyl (C=O) groups is 1. The number of nitrogen functional groups attached to an aromatic ring is 1. The molecule has 0 aromatic carbocycles. The Labute approximate surface area is 81.5 Å². The van der Waals surface area contributed by atoms with Crippen molar-refractivity contribution in [3.63, 3.8) is 0 Å². The molecule has 2 atom stereocenters. The second kappa shape index (κ2) is 3.01. The summed E-state index contributed by atoms with van der Waals surface area (Å²) in [6, 6.07) is 0. The van der Waals surface area contributed by atoms with Gasteiger partial charge in [0.05, 0.1) is 5.69 Å². The van der Waals surface area contributed by atoms with E-state index in [0.717, 1.165) is 12.5 Å². The van der Waals surface area contributed by atoms with Crippen LogP contribution in [-0.2, 0) is 6.54 Å². The minimum Gasteiger partial charge on any atom is -0.476 e. The van der Waals surface area contributed by atoms with Crippen LogP contribution in [0.4, 0.5) is 5.69 Å². The molecule has 0 amide bonds. The first kappa shape index (κ1) is 9.05. The number of nitrogens with two attached hydrogens (primary N) is 1. The lowest BCUT2D eigenvalue weighted by atomic mass is 10.3. The van der Waals surface area contributed by atoms with Crippen LogP contribution in [0, 0.1) is 11.8 Å². The van der Waals surface area contributed by atoms with Gasteiger partial charge in [-0.1, -0.05) is 6.92 Å². The third-order valence-electron chi connectivity index (χ3n) is 2.69. The number of aromatic carboxylic acids is 1. The van der Waals surface area contributed by atoms with Gasteiger partial charge < -0.3 is 10.8 Å². The predicted molar refractivity (Wildman–Crippen MR) is 50.9 cm³/mol. The Morgan fingerprint density at radius 3 is 2.93 bits per heavy atom. The first-order valence-corrected chi connectivity index (χ1v) is 4.64. The van der Waals surface area contributed by atoms with Crippen LogP contribution in [0.5, 0.6) is 0 Å². The maximum Gasteiger partial charge on any atom is 0.358 e. The fraction of sp³-hybridized carbons (Fsp3) is 0.556.